The summed E-state index contributed by atoms with van der Waals surface area (Å²) in [7, 11) is 0. The third-order valence-electron chi connectivity index (χ3n) is 2.66. The van der Waals surface area contributed by atoms with Gasteiger partial charge < -0.3 is 4.98 Å². The Balaban J connectivity index is 2.39. The summed E-state index contributed by atoms with van der Waals surface area (Å²) in [5, 5.41) is 0. The highest BCUT2D eigenvalue weighted by Crippen LogP contribution is 2.15. The third-order valence-corrected chi connectivity index (χ3v) is 2.66. The molecule has 0 spiro atoms. The Morgan fingerprint density at radius 3 is 2.88 bits per heavy atom. The highest BCUT2D eigenvalue weighted by Gasteiger charge is 2.07. The monoisotopic (exact) mass is 216 g/mol. The number of hydrogen-bond acceptors (Lipinski definition) is 2. The van der Waals surface area contributed by atoms with Crippen molar-refractivity contribution in [2.75, 3.05) is 0 Å². The van der Waals surface area contributed by atoms with Crippen molar-refractivity contribution in [1.82, 2.24) is 9.97 Å². The number of fused-ring (bicyclic) bond motifs is 1. The second kappa shape index (κ2) is 4.47. The van der Waals surface area contributed by atoms with Crippen LogP contribution in [0.3, 0.4) is 0 Å². The largest absolute Gasteiger partial charge is 0.342 e. The van der Waals surface area contributed by atoms with Gasteiger partial charge in [-0.15, -0.1) is 0 Å². The lowest BCUT2D eigenvalue weighted by Gasteiger charge is -1.98. The number of rotatable bonds is 4. The summed E-state index contributed by atoms with van der Waals surface area (Å²) in [6, 6.07) is 5.67. The fraction of sp³-hybridized carbons (Fsp3) is 0.385. The predicted molar refractivity (Wildman–Crippen MR) is 64.7 cm³/mol. The topological polar surface area (TPSA) is 45.8 Å². The van der Waals surface area contributed by atoms with Crippen molar-refractivity contribution in [3.63, 3.8) is 0 Å². The molecule has 1 aromatic carbocycles. The van der Waals surface area contributed by atoms with Crippen LogP contribution >= 0.6 is 0 Å². The number of aromatic nitrogens is 2. The number of nitrogens with zero attached hydrogens (tertiary/aromatic N) is 1. The van der Waals surface area contributed by atoms with E-state index in [4.69, 9.17) is 0 Å². The molecule has 3 heteroatoms. The van der Waals surface area contributed by atoms with Crippen LogP contribution in [0.1, 0.15) is 42.9 Å². The van der Waals surface area contributed by atoms with Crippen molar-refractivity contribution in [2.45, 2.75) is 33.1 Å². The molecule has 2 aromatic rings. The summed E-state index contributed by atoms with van der Waals surface area (Å²) in [5.41, 5.74) is 2.67. The minimum atomic E-state index is 0.206. The van der Waals surface area contributed by atoms with Gasteiger partial charge in [0.2, 0.25) is 0 Å². The summed E-state index contributed by atoms with van der Waals surface area (Å²) in [5.74, 6) is 1.17. The maximum absolute atomic E-state index is 11.7. The number of carbonyl (C=O) groups is 1. The minimum Gasteiger partial charge on any atom is -0.342 e. The van der Waals surface area contributed by atoms with Gasteiger partial charge in [-0.25, -0.2) is 4.98 Å². The van der Waals surface area contributed by atoms with Crippen LogP contribution in [-0.2, 0) is 6.42 Å². The molecule has 2 rings (SSSR count). The maximum atomic E-state index is 11.7. The molecule has 0 aliphatic carbocycles. The highest BCUT2D eigenvalue weighted by molar-refractivity contribution is 5.98. The van der Waals surface area contributed by atoms with Crippen molar-refractivity contribution in [1.29, 1.82) is 0 Å². The van der Waals surface area contributed by atoms with Gasteiger partial charge in [0.15, 0.2) is 5.78 Å². The van der Waals surface area contributed by atoms with Crippen LogP contribution in [0.25, 0.3) is 11.0 Å². The Kier molecular flexibility index (Phi) is 3.04. The number of carbonyl (C=O) groups excluding carboxylic acids is 1. The number of aryl methyl sites for hydroxylation is 1. The SMILES string of the molecule is CCCC(=O)c1ccc2nc(CC)[nH]c2c1. The van der Waals surface area contributed by atoms with Crippen molar-refractivity contribution in [3.8, 4) is 0 Å². The Bertz CT molecular complexity index is 514. The lowest BCUT2D eigenvalue weighted by atomic mass is 10.1. The molecule has 0 bridgehead atoms. The first-order valence-electron chi connectivity index (χ1n) is 5.76. The second-order valence-electron chi connectivity index (χ2n) is 3.94. The number of nitrogens with one attached hydrogen (secondary N) is 1. The summed E-state index contributed by atoms with van der Waals surface area (Å²) >= 11 is 0. The van der Waals surface area contributed by atoms with Gasteiger partial charge in [0.25, 0.3) is 0 Å². The first kappa shape index (κ1) is 10.9. The van der Waals surface area contributed by atoms with E-state index in [2.05, 4.69) is 16.9 Å². The zero-order chi connectivity index (χ0) is 11.5. The number of ketones is 1. The quantitative estimate of drug-likeness (QED) is 0.798. The van der Waals surface area contributed by atoms with Gasteiger partial charge in [-0.3, -0.25) is 4.79 Å². The molecular formula is C13H16N2O. The van der Waals surface area contributed by atoms with E-state index >= 15 is 0 Å². The Morgan fingerprint density at radius 2 is 2.19 bits per heavy atom. The van der Waals surface area contributed by atoms with Crippen LogP contribution in [0.2, 0.25) is 0 Å². The number of H-pyrrole nitrogens is 1. The van der Waals surface area contributed by atoms with E-state index in [1.807, 2.05) is 25.1 Å². The molecule has 0 unspecified atom stereocenters. The van der Waals surface area contributed by atoms with Crippen LogP contribution in [0.15, 0.2) is 18.2 Å². The Hall–Kier alpha value is -1.64. The van der Waals surface area contributed by atoms with Crippen molar-refractivity contribution >= 4 is 16.8 Å². The Labute approximate surface area is 94.9 Å². The van der Waals surface area contributed by atoms with E-state index in [0.717, 1.165) is 35.3 Å². The normalized spacial score (nSPS) is 10.9. The van der Waals surface area contributed by atoms with E-state index in [-0.39, 0.29) is 5.78 Å². The first-order valence-corrected chi connectivity index (χ1v) is 5.76. The standard InChI is InChI=1S/C13H16N2O/c1-3-5-12(16)9-6-7-10-11(8-9)15-13(4-2)14-10/h6-8H,3-5H2,1-2H3,(H,14,15). The molecule has 16 heavy (non-hydrogen) atoms. The van der Waals surface area contributed by atoms with Gasteiger partial charge in [0.1, 0.15) is 5.82 Å². The van der Waals surface area contributed by atoms with E-state index in [9.17, 15) is 4.79 Å². The molecule has 0 aliphatic rings. The molecule has 0 aliphatic heterocycles. The minimum absolute atomic E-state index is 0.206. The zero-order valence-corrected chi connectivity index (χ0v) is 9.71. The van der Waals surface area contributed by atoms with Crippen molar-refractivity contribution in [2.24, 2.45) is 0 Å². The number of imidazole rings is 1. The van der Waals surface area contributed by atoms with Gasteiger partial charge in [-0.05, 0) is 24.6 Å². The van der Waals surface area contributed by atoms with Crippen LogP contribution in [0.4, 0.5) is 0 Å². The number of benzene rings is 1. The van der Waals surface area contributed by atoms with Crippen LogP contribution in [-0.4, -0.2) is 15.8 Å². The van der Waals surface area contributed by atoms with E-state index in [1.54, 1.807) is 0 Å². The first-order chi connectivity index (χ1) is 7.74. The fourth-order valence-electron chi connectivity index (χ4n) is 1.77. The fourth-order valence-corrected chi connectivity index (χ4v) is 1.77. The molecule has 1 heterocycles. The molecule has 0 amide bonds. The summed E-state index contributed by atoms with van der Waals surface area (Å²) in [4.78, 5) is 19.4. The maximum Gasteiger partial charge on any atom is 0.162 e. The smallest absolute Gasteiger partial charge is 0.162 e. The average Bonchev–Trinajstić information content (AvgIpc) is 2.70. The summed E-state index contributed by atoms with van der Waals surface area (Å²) in [6.07, 6.45) is 2.38. The van der Waals surface area contributed by atoms with Gasteiger partial charge >= 0.3 is 0 Å². The zero-order valence-electron chi connectivity index (χ0n) is 9.71. The summed E-state index contributed by atoms with van der Waals surface area (Å²) in [6.45, 7) is 4.07. The molecule has 1 aromatic heterocycles. The molecule has 1 N–H and O–H groups in total. The van der Waals surface area contributed by atoms with Crippen molar-refractivity contribution < 1.29 is 4.79 Å². The molecule has 0 atom stereocenters. The molecule has 0 radical (unpaired) electrons. The Morgan fingerprint density at radius 1 is 1.38 bits per heavy atom. The molecule has 3 nitrogen and oxygen atoms in total. The molecule has 0 saturated heterocycles. The lowest BCUT2D eigenvalue weighted by Crippen LogP contribution is -1.97. The predicted octanol–water partition coefficient (Wildman–Crippen LogP) is 3.11. The number of Topliss-reactive ketones (excluding diaryl/α,β-unsaturated/α-hetero) is 1. The highest BCUT2D eigenvalue weighted by atomic mass is 16.1. The van der Waals surface area contributed by atoms with Crippen LogP contribution in [0, 0.1) is 0 Å². The van der Waals surface area contributed by atoms with Crippen LogP contribution < -0.4 is 0 Å². The average molecular weight is 216 g/mol. The third kappa shape index (κ3) is 1.98. The van der Waals surface area contributed by atoms with Gasteiger partial charge in [-0.2, -0.15) is 0 Å². The lowest BCUT2D eigenvalue weighted by molar-refractivity contribution is 0.0982. The van der Waals surface area contributed by atoms with Crippen molar-refractivity contribution in [3.05, 3.63) is 29.6 Å². The van der Waals surface area contributed by atoms with Gasteiger partial charge in [-0.1, -0.05) is 13.8 Å². The second-order valence-corrected chi connectivity index (χ2v) is 3.94. The molecule has 0 saturated carbocycles. The number of hydrogen-bond donors (Lipinski definition) is 1. The molecule has 84 valence electrons. The van der Waals surface area contributed by atoms with Gasteiger partial charge in [0, 0.05) is 18.4 Å². The van der Waals surface area contributed by atoms with E-state index < -0.39 is 0 Å². The molecular weight excluding hydrogens is 200 g/mol. The van der Waals surface area contributed by atoms with Crippen LogP contribution in [0.5, 0.6) is 0 Å². The van der Waals surface area contributed by atoms with E-state index in [0.29, 0.717) is 6.42 Å². The van der Waals surface area contributed by atoms with Gasteiger partial charge in [0.05, 0.1) is 11.0 Å². The van der Waals surface area contributed by atoms with E-state index in [1.165, 1.54) is 0 Å². The number of aromatic amines is 1. The summed E-state index contributed by atoms with van der Waals surface area (Å²) < 4.78 is 0. The molecule has 0 fully saturated rings.